The first-order valence-corrected chi connectivity index (χ1v) is 11.2. The van der Waals surface area contributed by atoms with Crippen molar-refractivity contribution in [2.75, 3.05) is 31.5 Å². The molecule has 0 radical (unpaired) electrons. The Morgan fingerprint density at radius 1 is 1.03 bits per heavy atom. The molecule has 1 heterocycles. The monoisotopic (exact) mass is 413 g/mol. The van der Waals surface area contributed by atoms with E-state index in [1.54, 1.807) is 19.1 Å². The van der Waals surface area contributed by atoms with Gasteiger partial charge in [-0.1, -0.05) is 50.2 Å². The van der Waals surface area contributed by atoms with Gasteiger partial charge in [-0.15, -0.1) is 10.2 Å². The zero-order valence-corrected chi connectivity index (χ0v) is 17.8. The molecule has 3 rings (SSSR count). The fourth-order valence-corrected chi connectivity index (χ4v) is 4.18. The minimum absolute atomic E-state index is 0.0994. The van der Waals surface area contributed by atoms with Crippen LogP contribution in [0.5, 0.6) is 0 Å². The lowest BCUT2D eigenvalue weighted by atomic mass is 10.0. The van der Waals surface area contributed by atoms with Crippen molar-refractivity contribution in [2.24, 2.45) is 5.14 Å². The Morgan fingerprint density at radius 2 is 1.72 bits per heavy atom. The van der Waals surface area contributed by atoms with Gasteiger partial charge in [0.2, 0.25) is 10.0 Å². The number of nitrogens with one attached hydrogen (secondary N) is 1. The minimum Gasteiger partial charge on any atom is -0.367 e. The zero-order chi connectivity index (χ0) is 21.0. The number of primary sulfonamides is 1. The van der Waals surface area contributed by atoms with E-state index in [-0.39, 0.29) is 4.90 Å². The molecular formula is C21H27N5O2S. The van der Waals surface area contributed by atoms with Crippen LogP contribution in [-0.2, 0) is 10.0 Å². The van der Waals surface area contributed by atoms with E-state index in [9.17, 15) is 8.42 Å². The zero-order valence-electron chi connectivity index (χ0n) is 17.0. The smallest absolute Gasteiger partial charge is 0.238 e. The third-order valence-electron chi connectivity index (χ3n) is 5.07. The number of hydrogen-bond donors (Lipinski definition) is 2. The number of benzene rings is 2. The third kappa shape index (κ3) is 4.72. The molecule has 0 amide bonds. The van der Waals surface area contributed by atoms with Crippen molar-refractivity contribution in [2.45, 2.75) is 25.7 Å². The minimum atomic E-state index is -3.82. The highest BCUT2D eigenvalue weighted by atomic mass is 32.2. The van der Waals surface area contributed by atoms with Crippen molar-refractivity contribution in [1.29, 1.82) is 0 Å². The van der Waals surface area contributed by atoms with Gasteiger partial charge >= 0.3 is 0 Å². The molecule has 154 valence electrons. The molecule has 29 heavy (non-hydrogen) atoms. The number of likely N-dealkylation sites (N-methyl/N-ethyl adjacent to an activating group) is 1. The lowest BCUT2D eigenvalue weighted by Gasteiger charge is -2.18. The summed E-state index contributed by atoms with van der Waals surface area (Å²) in [5.41, 5.74) is 1.89. The average Bonchev–Trinajstić information content (AvgIpc) is 2.71. The van der Waals surface area contributed by atoms with Crippen molar-refractivity contribution in [3.05, 3.63) is 48.0 Å². The first-order chi connectivity index (χ1) is 13.8. The van der Waals surface area contributed by atoms with Crippen LogP contribution < -0.4 is 10.5 Å². The highest BCUT2D eigenvalue weighted by molar-refractivity contribution is 7.89. The number of fused-ring (bicyclic) bond motifs is 1. The van der Waals surface area contributed by atoms with Gasteiger partial charge in [-0.3, -0.25) is 0 Å². The van der Waals surface area contributed by atoms with Crippen molar-refractivity contribution < 1.29 is 8.42 Å². The first-order valence-electron chi connectivity index (χ1n) is 9.70. The second kappa shape index (κ2) is 8.86. The normalized spacial score (nSPS) is 11.9. The Hall–Kier alpha value is -2.55. The summed E-state index contributed by atoms with van der Waals surface area (Å²) < 4.78 is 23.8. The quantitative estimate of drug-likeness (QED) is 0.589. The van der Waals surface area contributed by atoms with E-state index < -0.39 is 10.0 Å². The summed E-state index contributed by atoms with van der Waals surface area (Å²) in [5.74, 6) is 0.718. The summed E-state index contributed by atoms with van der Waals surface area (Å²) in [4.78, 5) is 2.43. The summed E-state index contributed by atoms with van der Waals surface area (Å²) in [7, 11) is -3.82. The maximum absolute atomic E-state index is 11.9. The second-order valence-electron chi connectivity index (χ2n) is 6.92. The Labute approximate surface area is 172 Å². The molecular weight excluding hydrogens is 386 g/mol. The van der Waals surface area contributed by atoms with E-state index in [0.29, 0.717) is 16.8 Å². The number of rotatable bonds is 8. The highest BCUT2D eigenvalue weighted by Crippen LogP contribution is 2.31. The van der Waals surface area contributed by atoms with Gasteiger partial charge in [0.1, 0.15) is 5.69 Å². The molecule has 0 aliphatic carbocycles. The molecule has 3 aromatic rings. The van der Waals surface area contributed by atoms with Gasteiger partial charge in [-0.05, 0) is 31.6 Å². The number of aromatic nitrogens is 2. The molecule has 0 spiro atoms. The maximum atomic E-state index is 11.9. The third-order valence-corrected chi connectivity index (χ3v) is 6.12. The maximum Gasteiger partial charge on any atom is 0.238 e. The Balaban J connectivity index is 2.00. The van der Waals surface area contributed by atoms with E-state index in [1.807, 2.05) is 30.3 Å². The SMILES string of the molecule is CCN(CC)CCNc1nnc(-c2ccc(C)c(S(N)(=O)=O)c2)c2ccccc12. The molecule has 3 N–H and O–H groups in total. The molecule has 1 aromatic heterocycles. The lowest BCUT2D eigenvalue weighted by Crippen LogP contribution is -2.28. The van der Waals surface area contributed by atoms with E-state index in [4.69, 9.17) is 5.14 Å². The Bertz CT molecular complexity index is 1110. The van der Waals surface area contributed by atoms with Gasteiger partial charge in [-0.25, -0.2) is 13.6 Å². The van der Waals surface area contributed by atoms with Crippen molar-refractivity contribution in [3.63, 3.8) is 0 Å². The Morgan fingerprint density at radius 3 is 2.38 bits per heavy atom. The molecule has 0 bridgehead atoms. The van der Waals surface area contributed by atoms with Crippen molar-refractivity contribution >= 4 is 26.6 Å². The van der Waals surface area contributed by atoms with Crippen LogP contribution >= 0.6 is 0 Å². The van der Waals surface area contributed by atoms with Crippen LogP contribution in [-0.4, -0.2) is 49.7 Å². The van der Waals surface area contributed by atoms with Crippen LogP contribution in [0.25, 0.3) is 22.0 Å². The molecule has 0 aliphatic heterocycles. The first kappa shape index (κ1) is 21.2. The van der Waals surface area contributed by atoms with Crippen LogP contribution in [0.4, 0.5) is 5.82 Å². The van der Waals surface area contributed by atoms with Gasteiger partial charge in [0, 0.05) is 29.4 Å². The van der Waals surface area contributed by atoms with Gasteiger partial charge < -0.3 is 10.2 Å². The molecule has 7 nitrogen and oxygen atoms in total. The average molecular weight is 414 g/mol. The molecule has 8 heteroatoms. The molecule has 0 unspecified atom stereocenters. The number of aryl methyl sites for hydroxylation is 1. The lowest BCUT2D eigenvalue weighted by molar-refractivity contribution is 0.316. The van der Waals surface area contributed by atoms with E-state index >= 15 is 0 Å². The van der Waals surface area contributed by atoms with Gasteiger partial charge in [0.05, 0.1) is 4.90 Å². The largest absolute Gasteiger partial charge is 0.367 e. The predicted octanol–water partition coefficient (Wildman–Crippen LogP) is 3.01. The van der Waals surface area contributed by atoms with E-state index in [1.165, 1.54) is 0 Å². The van der Waals surface area contributed by atoms with Gasteiger partial charge in [-0.2, -0.15) is 0 Å². The van der Waals surface area contributed by atoms with Crippen molar-refractivity contribution in [3.8, 4) is 11.3 Å². The van der Waals surface area contributed by atoms with Crippen molar-refractivity contribution in [1.82, 2.24) is 15.1 Å². The summed E-state index contributed by atoms with van der Waals surface area (Å²) in [6, 6.07) is 13.0. The molecule has 0 fully saturated rings. The summed E-state index contributed by atoms with van der Waals surface area (Å²) >= 11 is 0. The topological polar surface area (TPSA) is 101 Å². The van der Waals surface area contributed by atoms with E-state index in [0.717, 1.165) is 42.8 Å². The molecule has 0 saturated carbocycles. The van der Waals surface area contributed by atoms with Crippen LogP contribution in [0.15, 0.2) is 47.4 Å². The second-order valence-corrected chi connectivity index (χ2v) is 8.45. The highest BCUT2D eigenvalue weighted by Gasteiger charge is 2.16. The standard InChI is InChI=1S/C21H27N5O2S/c1-4-26(5-2)13-12-23-21-18-9-7-6-8-17(18)20(24-25-21)16-11-10-15(3)19(14-16)29(22,27)28/h6-11,14H,4-5,12-13H2,1-3H3,(H,23,25)(H2,22,27,28). The van der Waals surface area contributed by atoms with E-state index in [2.05, 4.69) is 34.3 Å². The van der Waals surface area contributed by atoms with Crippen LogP contribution in [0.1, 0.15) is 19.4 Å². The molecule has 0 atom stereocenters. The molecule has 0 saturated heterocycles. The van der Waals surface area contributed by atoms with Gasteiger partial charge in [0.25, 0.3) is 0 Å². The van der Waals surface area contributed by atoms with Gasteiger partial charge in [0.15, 0.2) is 5.82 Å². The summed E-state index contributed by atoms with van der Waals surface area (Å²) in [6.45, 7) is 9.69. The number of anilines is 1. The Kier molecular flexibility index (Phi) is 6.46. The number of nitrogens with two attached hydrogens (primary N) is 1. The fraction of sp³-hybridized carbons (Fsp3) is 0.333. The predicted molar refractivity (Wildman–Crippen MR) is 117 cm³/mol. The molecule has 0 aliphatic rings. The summed E-state index contributed by atoms with van der Waals surface area (Å²) in [5, 5.41) is 19.4. The van der Waals surface area contributed by atoms with Crippen LogP contribution in [0.3, 0.4) is 0 Å². The number of sulfonamides is 1. The number of hydrogen-bond acceptors (Lipinski definition) is 6. The van der Waals surface area contributed by atoms with Crippen LogP contribution in [0, 0.1) is 6.92 Å². The summed E-state index contributed by atoms with van der Waals surface area (Å²) in [6.07, 6.45) is 0. The fourth-order valence-electron chi connectivity index (χ4n) is 3.37. The van der Waals surface area contributed by atoms with Crippen LogP contribution in [0.2, 0.25) is 0 Å². The molecule has 2 aromatic carbocycles. The number of nitrogens with zero attached hydrogens (tertiary/aromatic N) is 3.